The van der Waals surface area contributed by atoms with Crippen molar-refractivity contribution in [1.82, 2.24) is 19.5 Å². The summed E-state index contributed by atoms with van der Waals surface area (Å²) in [5.41, 5.74) is 3.47. The third-order valence-electron chi connectivity index (χ3n) is 4.73. The van der Waals surface area contributed by atoms with Crippen LogP contribution in [0.4, 0.5) is 4.39 Å². The standard InChI is InChI=1S/C21H21FN4O2/c1-5-28-19(27)18-15-9-13-10-23-20(21(2,3)4)26(13)16-8-12(22)6-7-14(16)17(15)24-11-25-18/h6-8,10-11H,5,9H2,1-4H3. The molecule has 0 bridgehead atoms. The molecule has 0 radical (unpaired) electrons. The summed E-state index contributed by atoms with van der Waals surface area (Å²) in [5, 5.41) is 0. The summed E-state index contributed by atoms with van der Waals surface area (Å²) in [6, 6.07) is 4.57. The van der Waals surface area contributed by atoms with Crippen LogP contribution in [0, 0.1) is 5.82 Å². The van der Waals surface area contributed by atoms with Gasteiger partial charge in [-0.2, -0.15) is 0 Å². The van der Waals surface area contributed by atoms with E-state index in [0.717, 1.165) is 17.1 Å². The van der Waals surface area contributed by atoms with Gasteiger partial charge in [-0.15, -0.1) is 0 Å². The van der Waals surface area contributed by atoms with Crippen LogP contribution < -0.4 is 0 Å². The highest BCUT2D eigenvalue weighted by Gasteiger charge is 2.31. The number of imidazole rings is 1. The van der Waals surface area contributed by atoms with Crippen molar-refractivity contribution in [3.8, 4) is 16.9 Å². The SMILES string of the molecule is CCOC(=O)c1ncnc2c1Cc1cnc(C(C)(C)C)n1-c1cc(F)ccc1-2. The fraction of sp³-hybridized carbons (Fsp3) is 0.333. The maximum absolute atomic E-state index is 14.2. The van der Waals surface area contributed by atoms with E-state index in [2.05, 4.69) is 35.7 Å². The minimum Gasteiger partial charge on any atom is -0.461 e. The van der Waals surface area contributed by atoms with Crippen LogP contribution in [0.15, 0.2) is 30.7 Å². The van der Waals surface area contributed by atoms with E-state index in [1.807, 2.05) is 4.57 Å². The van der Waals surface area contributed by atoms with E-state index in [-0.39, 0.29) is 23.5 Å². The van der Waals surface area contributed by atoms with Crippen molar-refractivity contribution in [2.75, 3.05) is 6.61 Å². The molecule has 1 aliphatic heterocycles. The monoisotopic (exact) mass is 380 g/mol. The summed E-state index contributed by atoms with van der Waals surface area (Å²) in [5.74, 6) is -0.0250. The van der Waals surface area contributed by atoms with Crippen molar-refractivity contribution in [1.29, 1.82) is 0 Å². The zero-order valence-electron chi connectivity index (χ0n) is 16.3. The first-order valence-corrected chi connectivity index (χ1v) is 9.19. The molecule has 1 aliphatic rings. The van der Waals surface area contributed by atoms with Crippen molar-refractivity contribution < 1.29 is 13.9 Å². The molecule has 7 heteroatoms. The first-order valence-electron chi connectivity index (χ1n) is 9.19. The van der Waals surface area contributed by atoms with Crippen LogP contribution in [-0.2, 0) is 16.6 Å². The highest BCUT2D eigenvalue weighted by Crippen LogP contribution is 2.38. The summed E-state index contributed by atoms with van der Waals surface area (Å²) in [6.45, 7) is 8.18. The van der Waals surface area contributed by atoms with Crippen molar-refractivity contribution in [3.63, 3.8) is 0 Å². The zero-order valence-corrected chi connectivity index (χ0v) is 16.3. The number of hydrogen-bond acceptors (Lipinski definition) is 5. The Morgan fingerprint density at radius 3 is 2.75 bits per heavy atom. The molecule has 4 rings (SSSR count). The van der Waals surface area contributed by atoms with E-state index < -0.39 is 5.97 Å². The van der Waals surface area contributed by atoms with Crippen LogP contribution in [0.5, 0.6) is 0 Å². The topological polar surface area (TPSA) is 69.9 Å². The molecule has 144 valence electrons. The number of hydrogen-bond donors (Lipinski definition) is 0. The second-order valence-corrected chi connectivity index (χ2v) is 7.77. The Kier molecular flexibility index (Phi) is 4.25. The number of halogens is 1. The summed E-state index contributed by atoms with van der Waals surface area (Å²) in [7, 11) is 0. The molecule has 6 nitrogen and oxygen atoms in total. The molecule has 0 unspecified atom stereocenters. The first kappa shape index (κ1) is 18.3. The van der Waals surface area contributed by atoms with Crippen LogP contribution in [0.1, 0.15) is 55.3 Å². The molecule has 3 aromatic rings. The van der Waals surface area contributed by atoms with Gasteiger partial charge in [0.1, 0.15) is 18.0 Å². The largest absolute Gasteiger partial charge is 0.461 e. The molecule has 0 aliphatic carbocycles. The van der Waals surface area contributed by atoms with E-state index in [9.17, 15) is 9.18 Å². The molecule has 2 aromatic heterocycles. The maximum Gasteiger partial charge on any atom is 0.357 e. The van der Waals surface area contributed by atoms with Crippen molar-refractivity contribution in [3.05, 3.63) is 59.3 Å². The number of esters is 1. The Morgan fingerprint density at radius 2 is 2.04 bits per heavy atom. The lowest BCUT2D eigenvalue weighted by Crippen LogP contribution is -2.19. The van der Waals surface area contributed by atoms with Crippen LogP contribution in [0.2, 0.25) is 0 Å². The molecule has 0 N–H and O–H groups in total. The quantitative estimate of drug-likeness (QED) is 0.494. The van der Waals surface area contributed by atoms with Gasteiger partial charge in [0, 0.05) is 34.9 Å². The van der Waals surface area contributed by atoms with E-state index >= 15 is 0 Å². The number of ether oxygens (including phenoxy) is 1. The molecule has 3 heterocycles. The maximum atomic E-state index is 14.2. The normalized spacial score (nSPS) is 12.6. The van der Waals surface area contributed by atoms with Gasteiger partial charge in [0.25, 0.3) is 0 Å². The number of fused-ring (bicyclic) bond motifs is 5. The van der Waals surface area contributed by atoms with Gasteiger partial charge in [-0.25, -0.2) is 24.1 Å². The van der Waals surface area contributed by atoms with Crippen molar-refractivity contribution >= 4 is 5.97 Å². The summed E-state index contributed by atoms with van der Waals surface area (Å²) in [6.07, 6.45) is 3.51. The molecule has 0 spiro atoms. The third-order valence-corrected chi connectivity index (χ3v) is 4.73. The second kappa shape index (κ2) is 6.51. The third kappa shape index (κ3) is 2.87. The van der Waals surface area contributed by atoms with Crippen LogP contribution in [0.25, 0.3) is 16.9 Å². The molecule has 0 atom stereocenters. The number of carbonyl (C=O) groups is 1. The van der Waals surface area contributed by atoms with Crippen LogP contribution in [0.3, 0.4) is 0 Å². The molecule has 0 amide bonds. The lowest BCUT2D eigenvalue weighted by molar-refractivity contribution is 0.0518. The minimum atomic E-state index is -0.492. The lowest BCUT2D eigenvalue weighted by Gasteiger charge is -2.21. The molecular formula is C21H21FN4O2. The van der Waals surface area contributed by atoms with E-state index in [1.54, 1.807) is 19.2 Å². The molecule has 28 heavy (non-hydrogen) atoms. The summed E-state index contributed by atoms with van der Waals surface area (Å²) >= 11 is 0. The average Bonchev–Trinajstić information content (AvgIpc) is 3.01. The van der Waals surface area contributed by atoms with E-state index in [4.69, 9.17) is 4.74 Å². The van der Waals surface area contributed by atoms with Crippen LogP contribution >= 0.6 is 0 Å². The second-order valence-electron chi connectivity index (χ2n) is 7.77. The highest BCUT2D eigenvalue weighted by atomic mass is 19.1. The minimum absolute atomic E-state index is 0.231. The predicted molar refractivity (Wildman–Crippen MR) is 102 cm³/mol. The zero-order chi connectivity index (χ0) is 20.1. The molecule has 0 saturated heterocycles. The van der Waals surface area contributed by atoms with Gasteiger partial charge in [-0.1, -0.05) is 20.8 Å². The Morgan fingerprint density at radius 1 is 1.25 bits per heavy atom. The van der Waals surface area contributed by atoms with Crippen molar-refractivity contribution in [2.24, 2.45) is 0 Å². The number of rotatable bonds is 2. The van der Waals surface area contributed by atoms with Gasteiger partial charge >= 0.3 is 5.97 Å². The van der Waals surface area contributed by atoms with E-state index in [1.165, 1.54) is 18.5 Å². The van der Waals surface area contributed by atoms with E-state index in [0.29, 0.717) is 23.4 Å². The van der Waals surface area contributed by atoms with Gasteiger partial charge < -0.3 is 4.74 Å². The average molecular weight is 380 g/mol. The molecule has 0 fully saturated rings. The summed E-state index contributed by atoms with van der Waals surface area (Å²) in [4.78, 5) is 25.7. The number of carbonyl (C=O) groups excluding carboxylic acids is 1. The molecular weight excluding hydrogens is 359 g/mol. The Balaban J connectivity index is 2.05. The van der Waals surface area contributed by atoms with Gasteiger partial charge in [0.15, 0.2) is 5.69 Å². The van der Waals surface area contributed by atoms with Gasteiger partial charge in [0.2, 0.25) is 0 Å². The molecule has 0 saturated carbocycles. The lowest BCUT2D eigenvalue weighted by atomic mass is 9.95. The Bertz CT molecular complexity index is 1080. The summed E-state index contributed by atoms with van der Waals surface area (Å²) < 4.78 is 21.3. The number of aromatic nitrogens is 4. The fourth-order valence-electron chi connectivity index (χ4n) is 3.57. The highest BCUT2D eigenvalue weighted by molar-refractivity contribution is 5.92. The predicted octanol–water partition coefficient (Wildman–Crippen LogP) is 3.85. The van der Waals surface area contributed by atoms with Gasteiger partial charge in [-0.3, -0.25) is 4.57 Å². The fourth-order valence-corrected chi connectivity index (χ4v) is 3.57. The first-order chi connectivity index (χ1) is 13.3. The van der Waals surface area contributed by atoms with Gasteiger partial charge in [0.05, 0.1) is 18.0 Å². The van der Waals surface area contributed by atoms with Gasteiger partial charge in [-0.05, 0) is 25.1 Å². The number of nitrogens with zero attached hydrogens (tertiary/aromatic N) is 4. The van der Waals surface area contributed by atoms with Crippen LogP contribution in [-0.4, -0.2) is 32.1 Å². The Labute approximate surface area is 162 Å². The number of benzene rings is 1. The van der Waals surface area contributed by atoms with Crippen molar-refractivity contribution in [2.45, 2.75) is 39.5 Å². The smallest absolute Gasteiger partial charge is 0.357 e. The Hall–Kier alpha value is -3.09. The molecule has 1 aromatic carbocycles.